The van der Waals surface area contributed by atoms with Crippen LogP contribution in [-0.2, 0) is 6.61 Å². The zero-order chi connectivity index (χ0) is 14.8. The van der Waals surface area contributed by atoms with E-state index >= 15 is 0 Å². The second-order valence-electron chi connectivity index (χ2n) is 4.47. The lowest BCUT2D eigenvalue weighted by Gasteiger charge is -2.10. The molecule has 0 bridgehead atoms. The van der Waals surface area contributed by atoms with Gasteiger partial charge in [-0.15, -0.1) is 11.3 Å². The smallest absolute Gasteiger partial charge is 0.346 e. The molecule has 5 heteroatoms. The SMILES string of the molecule is O=C(O)c1sccc1COc1ccc2ccccc2c1Br. The van der Waals surface area contributed by atoms with Crippen molar-refractivity contribution in [1.29, 1.82) is 0 Å². The molecule has 0 radical (unpaired) electrons. The number of carboxylic acids is 1. The van der Waals surface area contributed by atoms with E-state index in [1.54, 1.807) is 11.4 Å². The zero-order valence-corrected chi connectivity index (χ0v) is 13.3. The Labute approximate surface area is 133 Å². The van der Waals surface area contributed by atoms with E-state index in [2.05, 4.69) is 15.9 Å². The fourth-order valence-electron chi connectivity index (χ4n) is 2.12. The summed E-state index contributed by atoms with van der Waals surface area (Å²) >= 11 is 4.76. The molecule has 3 aromatic rings. The van der Waals surface area contributed by atoms with Crippen LogP contribution >= 0.6 is 27.3 Å². The van der Waals surface area contributed by atoms with Gasteiger partial charge in [-0.2, -0.15) is 0 Å². The van der Waals surface area contributed by atoms with Crippen LogP contribution in [-0.4, -0.2) is 11.1 Å². The lowest BCUT2D eigenvalue weighted by Crippen LogP contribution is -2.02. The molecule has 1 N–H and O–H groups in total. The van der Waals surface area contributed by atoms with Gasteiger partial charge < -0.3 is 9.84 Å². The molecule has 3 nitrogen and oxygen atoms in total. The molecule has 0 saturated carbocycles. The van der Waals surface area contributed by atoms with Crippen LogP contribution in [0.4, 0.5) is 0 Å². The summed E-state index contributed by atoms with van der Waals surface area (Å²) in [6.07, 6.45) is 0. The summed E-state index contributed by atoms with van der Waals surface area (Å²) < 4.78 is 6.66. The number of hydrogen-bond acceptors (Lipinski definition) is 3. The molecule has 0 aliphatic carbocycles. The number of halogens is 1. The van der Waals surface area contributed by atoms with E-state index in [9.17, 15) is 4.79 Å². The third-order valence-corrected chi connectivity index (χ3v) is 4.91. The topological polar surface area (TPSA) is 46.5 Å². The lowest BCUT2D eigenvalue weighted by atomic mass is 10.1. The maximum atomic E-state index is 11.1. The predicted octanol–water partition coefficient (Wildman–Crippen LogP) is 4.94. The first kappa shape index (κ1) is 14.1. The monoisotopic (exact) mass is 362 g/mol. The number of aromatic carboxylic acids is 1. The van der Waals surface area contributed by atoms with Crippen LogP contribution in [0.15, 0.2) is 52.3 Å². The molecule has 0 aliphatic heterocycles. The highest BCUT2D eigenvalue weighted by molar-refractivity contribution is 9.10. The molecular weight excluding hydrogens is 352 g/mol. The molecule has 1 aromatic heterocycles. The Morgan fingerprint density at radius 2 is 2.00 bits per heavy atom. The summed E-state index contributed by atoms with van der Waals surface area (Å²) in [5.41, 5.74) is 0.688. The molecule has 0 unspecified atom stereocenters. The zero-order valence-electron chi connectivity index (χ0n) is 10.9. The number of benzene rings is 2. The molecule has 2 aromatic carbocycles. The van der Waals surface area contributed by atoms with Gasteiger partial charge in [-0.05, 0) is 44.2 Å². The van der Waals surface area contributed by atoms with Gasteiger partial charge in [-0.25, -0.2) is 4.79 Å². The summed E-state index contributed by atoms with van der Waals surface area (Å²) in [6, 6.07) is 13.7. The quantitative estimate of drug-likeness (QED) is 0.714. The van der Waals surface area contributed by atoms with Gasteiger partial charge in [0.25, 0.3) is 0 Å². The standard InChI is InChI=1S/C16H11BrO3S/c17-14-12-4-2-1-3-10(12)5-6-13(14)20-9-11-7-8-21-15(11)16(18)19/h1-8H,9H2,(H,18,19). The van der Waals surface area contributed by atoms with Crippen molar-refractivity contribution in [3.63, 3.8) is 0 Å². The fourth-order valence-corrected chi connectivity index (χ4v) is 3.47. The average Bonchev–Trinajstić information content (AvgIpc) is 2.95. The van der Waals surface area contributed by atoms with E-state index in [0.29, 0.717) is 16.2 Å². The number of carbonyl (C=O) groups is 1. The van der Waals surface area contributed by atoms with Crippen molar-refractivity contribution in [2.45, 2.75) is 6.61 Å². The third-order valence-electron chi connectivity index (χ3n) is 3.15. The van der Waals surface area contributed by atoms with Crippen LogP contribution < -0.4 is 4.74 Å². The third kappa shape index (κ3) is 2.80. The maximum absolute atomic E-state index is 11.1. The van der Waals surface area contributed by atoms with Gasteiger partial charge in [0.15, 0.2) is 0 Å². The van der Waals surface area contributed by atoms with Crippen LogP contribution in [0.5, 0.6) is 5.75 Å². The molecule has 0 spiro atoms. The summed E-state index contributed by atoms with van der Waals surface area (Å²) in [4.78, 5) is 11.4. The molecule has 21 heavy (non-hydrogen) atoms. The van der Waals surface area contributed by atoms with Crippen LogP contribution in [0.3, 0.4) is 0 Å². The lowest BCUT2D eigenvalue weighted by molar-refractivity contribution is 0.0699. The molecule has 0 saturated heterocycles. The van der Waals surface area contributed by atoms with Crippen LogP contribution in [0.2, 0.25) is 0 Å². The molecular formula is C16H11BrO3S. The Kier molecular flexibility index (Phi) is 3.94. The number of carboxylic acid groups (broad SMARTS) is 1. The number of hydrogen-bond donors (Lipinski definition) is 1. The van der Waals surface area contributed by atoms with E-state index in [1.807, 2.05) is 36.4 Å². The highest BCUT2D eigenvalue weighted by Crippen LogP contribution is 2.33. The van der Waals surface area contributed by atoms with Crippen molar-refractivity contribution in [3.05, 3.63) is 62.8 Å². The fraction of sp³-hybridized carbons (Fsp3) is 0.0625. The summed E-state index contributed by atoms with van der Waals surface area (Å²) in [6.45, 7) is 0.238. The first-order valence-electron chi connectivity index (χ1n) is 6.26. The van der Waals surface area contributed by atoms with Crippen molar-refractivity contribution in [1.82, 2.24) is 0 Å². The molecule has 106 valence electrons. The van der Waals surface area contributed by atoms with E-state index in [0.717, 1.165) is 15.2 Å². The van der Waals surface area contributed by atoms with Gasteiger partial charge in [0, 0.05) is 5.56 Å². The van der Waals surface area contributed by atoms with Gasteiger partial charge in [-0.1, -0.05) is 30.3 Å². The Morgan fingerprint density at radius 1 is 1.19 bits per heavy atom. The van der Waals surface area contributed by atoms with E-state index in [1.165, 1.54) is 11.3 Å². The number of fused-ring (bicyclic) bond motifs is 1. The number of ether oxygens (including phenoxy) is 1. The summed E-state index contributed by atoms with van der Waals surface area (Å²) in [5, 5.41) is 13.0. The molecule has 0 amide bonds. The first-order valence-corrected chi connectivity index (χ1v) is 7.94. The summed E-state index contributed by atoms with van der Waals surface area (Å²) in [7, 11) is 0. The van der Waals surface area contributed by atoms with Crippen molar-refractivity contribution in [2.75, 3.05) is 0 Å². The Balaban J connectivity index is 1.87. The van der Waals surface area contributed by atoms with Gasteiger partial charge in [0.2, 0.25) is 0 Å². The maximum Gasteiger partial charge on any atom is 0.346 e. The van der Waals surface area contributed by atoms with Gasteiger partial charge in [0.1, 0.15) is 17.2 Å². The molecule has 0 atom stereocenters. The average molecular weight is 363 g/mol. The van der Waals surface area contributed by atoms with E-state index < -0.39 is 5.97 Å². The normalized spacial score (nSPS) is 10.7. The largest absolute Gasteiger partial charge is 0.488 e. The second-order valence-corrected chi connectivity index (χ2v) is 6.18. The number of rotatable bonds is 4. The van der Waals surface area contributed by atoms with Crippen molar-refractivity contribution < 1.29 is 14.6 Å². The van der Waals surface area contributed by atoms with E-state index in [4.69, 9.17) is 9.84 Å². The van der Waals surface area contributed by atoms with E-state index in [-0.39, 0.29) is 6.61 Å². The Hall–Kier alpha value is -1.85. The van der Waals surface area contributed by atoms with Gasteiger partial charge in [0.05, 0.1) is 4.47 Å². The molecule has 0 fully saturated rings. The van der Waals surface area contributed by atoms with Crippen LogP contribution in [0.1, 0.15) is 15.2 Å². The minimum atomic E-state index is -0.916. The highest BCUT2D eigenvalue weighted by Gasteiger charge is 2.13. The minimum absolute atomic E-state index is 0.238. The summed E-state index contributed by atoms with van der Waals surface area (Å²) in [5.74, 6) is -0.211. The van der Waals surface area contributed by atoms with Crippen molar-refractivity contribution in [3.8, 4) is 5.75 Å². The number of thiophene rings is 1. The Morgan fingerprint density at radius 3 is 2.81 bits per heavy atom. The molecule has 3 rings (SSSR count). The van der Waals surface area contributed by atoms with Gasteiger partial charge >= 0.3 is 5.97 Å². The first-order chi connectivity index (χ1) is 10.2. The second kappa shape index (κ2) is 5.87. The minimum Gasteiger partial charge on any atom is -0.488 e. The predicted molar refractivity (Wildman–Crippen MR) is 87.3 cm³/mol. The molecule has 0 aliphatic rings. The highest BCUT2D eigenvalue weighted by atomic mass is 79.9. The van der Waals surface area contributed by atoms with Gasteiger partial charge in [-0.3, -0.25) is 0 Å². The van der Waals surface area contributed by atoms with Crippen molar-refractivity contribution >= 4 is 44.0 Å². The Bertz CT molecular complexity index is 810. The van der Waals surface area contributed by atoms with Crippen LogP contribution in [0, 0.1) is 0 Å². The molecule has 1 heterocycles. The van der Waals surface area contributed by atoms with Crippen LogP contribution in [0.25, 0.3) is 10.8 Å². The van der Waals surface area contributed by atoms with Crippen molar-refractivity contribution in [2.24, 2.45) is 0 Å².